The Labute approximate surface area is 117 Å². The zero-order chi connectivity index (χ0) is 13.7. The molecule has 2 nitrogen and oxygen atoms in total. The second kappa shape index (κ2) is 6.68. The van der Waals surface area contributed by atoms with Gasteiger partial charge in [-0.05, 0) is 43.8 Å². The van der Waals surface area contributed by atoms with Crippen molar-refractivity contribution in [1.29, 1.82) is 0 Å². The molecule has 0 spiro atoms. The second-order valence-corrected chi connectivity index (χ2v) is 5.66. The standard InChI is InChI=1S/C15H18FNOS/c1-3-17-9-15-8-12(11(2)19-15)10-18-14-6-4-13(16)5-7-14/h4-8,17H,3,9-10H2,1-2H3. The molecular weight excluding hydrogens is 261 g/mol. The molecule has 0 aliphatic heterocycles. The lowest BCUT2D eigenvalue weighted by molar-refractivity contribution is 0.305. The number of thiophene rings is 1. The largest absolute Gasteiger partial charge is 0.489 e. The Morgan fingerprint density at radius 1 is 1.26 bits per heavy atom. The predicted octanol–water partition coefficient (Wildman–Crippen LogP) is 3.88. The quantitative estimate of drug-likeness (QED) is 0.866. The number of hydrogen-bond donors (Lipinski definition) is 1. The molecule has 0 saturated carbocycles. The van der Waals surface area contributed by atoms with Gasteiger partial charge in [-0.15, -0.1) is 11.3 Å². The lowest BCUT2D eigenvalue weighted by Crippen LogP contribution is -2.10. The molecule has 0 aliphatic rings. The number of rotatable bonds is 6. The molecule has 2 aromatic rings. The summed E-state index contributed by atoms with van der Waals surface area (Å²) in [4.78, 5) is 2.59. The molecule has 0 unspecified atom stereocenters. The molecule has 0 fully saturated rings. The van der Waals surface area contributed by atoms with E-state index in [4.69, 9.17) is 4.74 Å². The number of halogens is 1. The van der Waals surface area contributed by atoms with Crippen molar-refractivity contribution in [2.24, 2.45) is 0 Å². The van der Waals surface area contributed by atoms with E-state index in [1.807, 2.05) is 0 Å². The Kier molecular flexibility index (Phi) is 4.93. The van der Waals surface area contributed by atoms with Crippen LogP contribution >= 0.6 is 11.3 Å². The second-order valence-electron chi connectivity index (χ2n) is 4.32. The average molecular weight is 279 g/mol. The van der Waals surface area contributed by atoms with Gasteiger partial charge in [0.1, 0.15) is 18.2 Å². The van der Waals surface area contributed by atoms with Crippen LogP contribution < -0.4 is 10.1 Å². The zero-order valence-corrected chi connectivity index (χ0v) is 12.0. The summed E-state index contributed by atoms with van der Waals surface area (Å²) in [6.45, 7) is 6.60. The monoisotopic (exact) mass is 279 g/mol. The van der Waals surface area contributed by atoms with Gasteiger partial charge in [-0.25, -0.2) is 4.39 Å². The molecule has 1 heterocycles. The SMILES string of the molecule is CCNCc1cc(COc2ccc(F)cc2)c(C)s1. The van der Waals surface area contributed by atoms with E-state index in [1.165, 1.54) is 27.5 Å². The third-order valence-electron chi connectivity index (χ3n) is 2.83. The van der Waals surface area contributed by atoms with Crippen molar-refractivity contribution in [1.82, 2.24) is 5.32 Å². The van der Waals surface area contributed by atoms with Crippen molar-refractivity contribution in [3.8, 4) is 5.75 Å². The smallest absolute Gasteiger partial charge is 0.123 e. The maximum Gasteiger partial charge on any atom is 0.123 e. The van der Waals surface area contributed by atoms with E-state index < -0.39 is 0 Å². The molecule has 102 valence electrons. The number of hydrogen-bond acceptors (Lipinski definition) is 3. The molecule has 0 amide bonds. The van der Waals surface area contributed by atoms with Gasteiger partial charge < -0.3 is 10.1 Å². The molecule has 19 heavy (non-hydrogen) atoms. The van der Waals surface area contributed by atoms with E-state index >= 15 is 0 Å². The van der Waals surface area contributed by atoms with E-state index in [0.717, 1.165) is 13.1 Å². The van der Waals surface area contributed by atoms with Gasteiger partial charge in [0, 0.05) is 21.9 Å². The van der Waals surface area contributed by atoms with E-state index in [2.05, 4.69) is 25.2 Å². The summed E-state index contributed by atoms with van der Waals surface area (Å²) in [6, 6.07) is 8.29. The first-order chi connectivity index (χ1) is 9.19. The minimum Gasteiger partial charge on any atom is -0.489 e. The molecule has 0 atom stereocenters. The Morgan fingerprint density at radius 2 is 2.00 bits per heavy atom. The van der Waals surface area contributed by atoms with Crippen molar-refractivity contribution < 1.29 is 9.13 Å². The Balaban J connectivity index is 1.95. The van der Waals surface area contributed by atoms with Crippen LogP contribution in [-0.2, 0) is 13.2 Å². The predicted molar refractivity (Wildman–Crippen MR) is 77.2 cm³/mol. The number of ether oxygens (including phenoxy) is 1. The van der Waals surface area contributed by atoms with Gasteiger partial charge in [0.2, 0.25) is 0 Å². The Hall–Kier alpha value is -1.39. The maximum absolute atomic E-state index is 12.8. The topological polar surface area (TPSA) is 21.3 Å². The van der Waals surface area contributed by atoms with E-state index in [-0.39, 0.29) is 5.82 Å². The van der Waals surface area contributed by atoms with Gasteiger partial charge in [-0.1, -0.05) is 6.92 Å². The van der Waals surface area contributed by atoms with Crippen molar-refractivity contribution in [2.75, 3.05) is 6.54 Å². The van der Waals surface area contributed by atoms with Crippen LogP contribution in [-0.4, -0.2) is 6.54 Å². The van der Waals surface area contributed by atoms with Crippen LogP contribution in [0.15, 0.2) is 30.3 Å². The molecule has 1 aromatic heterocycles. The lowest BCUT2D eigenvalue weighted by atomic mass is 10.2. The van der Waals surface area contributed by atoms with Gasteiger partial charge in [0.15, 0.2) is 0 Å². The van der Waals surface area contributed by atoms with Crippen LogP contribution in [0.25, 0.3) is 0 Å². The molecule has 0 saturated heterocycles. The fourth-order valence-corrected chi connectivity index (χ4v) is 2.78. The van der Waals surface area contributed by atoms with Crippen molar-refractivity contribution in [3.05, 3.63) is 51.5 Å². The van der Waals surface area contributed by atoms with Crippen LogP contribution in [0.1, 0.15) is 22.2 Å². The van der Waals surface area contributed by atoms with Gasteiger partial charge >= 0.3 is 0 Å². The van der Waals surface area contributed by atoms with E-state index in [1.54, 1.807) is 23.5 Å². The summed E-state index contributed by atoms with van der Waals surface area (Å²) in [5.41, 5.74) is 1.20. The molecule has 0 radical (unpaired) electrons. The van der Waals surface area contributed by atoms with E-state index in [0.29, 0.717) is 12.4 Å². The van der Waals surface area contributed by atoms with Crippen LogP contribution in [0.5, 0.6) is 5.75 Å². The molecule has 4 heteroatoms. The first-order valence-corrected chi connectivity index (χ1v) is 7.18. The minimum absolute atomic E-state index is 0.244. The first kappa shape index (κ1) is 14.0. The normalized spacial score (nSPS) is 10.7. The Bertz CT molecular complexity index is 521. The summed E-state index contributed by atoms with van der Waals surface area (Å²) in [6.07, 6.45) is 0. The fourth-order valence-electron chi connectivity index (χ4n) is 1.76. The van der Waals surface area contributed by atoms with E-state index in [9.17, 15) is 4.39 Å². The highest BCUT2D eigenvalue weighted by molar-refractivity contribution is 7.12. The summed E-state index contributed by atoms with van der Waals surface area (Å²) in [5.74, 6) is 0.451. The summed E-state index contributed by atoms with van der Waals surface area (Å²) < 4.78 is 18.4. The third-order valence-corrected chi connectivity index (χ3v) is 3.92. The van der Waals surface area contributed by atoms with Crippen LogP contribution in [0, 0.1) is 12.7 Å². The summed E-state index contributed by atoms with van der Waals surface area (Å²) in [7, 11) is 0. The van der Waals surface area contributed by atoms with Crippen LogP contribution in [0.2, 0.25) is 0 Å². The van der Waals surface area contributed by atoms with Gasteiger partial charge in [-0.2, -0.15) is 0 Å². The maximum atomic E-state index is 12.8. The molecule has 1 N–H and O–H groups in total. The van der Waals surface area contributed by atoms with Crippen molar-refractivity contribution >= 4 is 11.3 Å². The fraction of sp³-hybridized carbons (Fsp3) is 0.333. The summed E-state index contributed by atoms with van der Waals surface area (Å²) >= 11 is 1.79. The number of aryl methyl sites for hydroxylation is 1. The van der Waals surface area contributed by atoms with Gasteiger partial charge in [0.05, 0.1) is 0 Å². The molecular formula is C15H18FNOS. The molecule has 2 rings (SSSR count). The van der Waals surface area contributed by atoms with Gasteiger partial charge in [0.25, 0.3) is 0 Å². The highest BCUT2D eigenvalue weighted by Crippen LogP contribution is 2.23. The number of nitrogens with one attached hydrogen (secondary N) is 1. The Morgan fingerprint density at radius 3 is 2.68 bits per heavy atom. The lowest BCUT2D eigenvalue weighted by Gasteiger charge is -2.05. The first-order valence-electron chi connectivity index (χ1n) is 6.36. The number of benzene rings is 1. The third kappa shape index (κ3) is 4.04. The minimum atomic E-state index is -0.244. The molecule has 0 bridgehead atoms. The van der Waals surface area contributed by atoms with Crippen LogP contribution in [0.4, 0.5) is 4.39 Å². The average Bonchev–Trinajstić information content (AvgIpc) is 2.76. The van der Waals surface area contributed by atoms with Gasteiger partial charge in [-0.3, -0.25) is 0 Å². The molecule has 1 aromatic carbocycles. The van der Waals surface area contributed by atoms with Crippen molar-refractivity contribution in [2.45, 2.75) is 27.0 Å². The van der Waals surface area contributed by atoms with Crippen molar-refractivity contribution in [3.63, 3.8) is 0 Å². The molecule has 0 aliphatic carbocycles. The summed E-state index contributed by atoms with van der Waals surface area (Å²) in [5, 5.41) is 3.31. The zero-order valence-electron chi connectivity index (χ0n) is 11.2. The highest BCUT2D eigenvalue weighted by atomic mass is 32.1. The highest BCUT2D eigenvalue weighted by Gasteiger charge is 2.06. The van der Waals surface area contributed by atoms with Crippen LogP contribution in [0.3, 0.4) is 0 Å².